The van der Waals surface area contributed by atoms with Gasteiger partial charge in [0.1, 0.15) is 6.04 Å². The van der Waals surface area contributed by atoms with E-state index in [2.05, 4.69) is 26.3 Å². The van der Waals surface area contributed by atoms with Crippen LogP contribution in [0.3, 0.4) is 0 Å². The lowest BCUT2D eigenvalue weighted by Gasteiger charge is -2.17. The summed E-state index contributed by atoms with van der Waals surface area (Å²) in [6.07, 6.45) is 2.21. The SMILES string of the molecule is COC(=O)[C@@H](CC(C)C)NC(=O)c1ccn(-c2cccc(Br)c2)n1. The van der Waals surface area contributed by atoms with Crippen LogP contribution >= 0.6 is 15.9 Å². The Kier molecular flexibility index (Phi) is 6.14. The normalized spacial score (nSPS) is 12.0. The Labute approximate surface area is 149 Å². The second-order valence-electron chi connectivity index (χ2n) is 5.80. The van der Waals surface area contributed by atoms with Gasteiger partial charge in [0.2, 0.25) is 0 Å². The van der Waals surface area contributed by atoms with E-state index in [1.54, 1.807) is 16.9 Å². The summed E-state index contributed by atoms with van der Waals surface area (Å²) in [6, 6.07) is 8.50. The highest BCUT2D eigenvalue weighted by atomic mass is 79.9. The molecule has 0 radical (unpaired) electrons. The molecule has 2 aromatic rings. The highest BCUT2D eigenvalue weighted by Gasteiger charge is 2.24. The maximum atomic E-state index is 12.4. The summed E-state index contributed by atoms with van der Waals surface area (Å²) >= 11 is 3.40. The number of methoxy groups -OCH3 is 1. The third-order valence-electron chi connectivity index (χ3n) is 3.39. The zero-order valence-corrected chi connectivity index (χ0v) is 15.4. The van der Waals surface area contributed by atoms with E-state index in [0.717, 1.165) is 10.2 Å². The second-order valence-corrected chi connectivity index (χ2v) is 6.72. The van der Waals surface area contributed by atoms with Crippen molar-refractivity contribution in [1.29, 1.82) is 0 Å². The molecule has 128 valence electrons. The zero-order valence-electron chi connectivity index (χ0n) is 13.8. The van der Waals surface area contributed by atoms with E-state index in [-0.39, 0.29) is 11.6 Å². The van der Waals surface area contributed by atoms with Gasteiger partial charge in [0.05, 0.1) is 12.8 Å². The minimum atomic E-state index is -0.682. The molecule has 0 saturated heterocycles. The monoisotopic (exact) mass is 393 g/mol. The predicted octanol–water partition coefficient (Wildman–Crippen LogP) is 2.95. The molecule has 0 aliphatic rings. The van der Waals surface area contributed by atoms with Crippen LogP contribution in [0.1, 0.15) is 30.8 Å². The van der Waals surface area contributed by atoms with Gasteiger partial charge < -0.3 is 10.1 Å². The fourth-order valence-electron chi connectivity index (χ4n) is 2.27. The van der Waals surface area contributed by atoms with Crippen molar-refractivity contribution >= 4 is 27.8 Å². The van der Waals surface area contributed by atoms with Gasteiger partial charge in [0, 0.05) is 10.7 Å². The smallest absolute Gasteiger partial charge is 0.328 e. The van der Waals surface area contributed by atoms with Gasteiger partial charge in [-0.25, -0.2) is 9.48 Å². The second kappa shape index (κ2) is 8.10. The van der Waals surface area contributed by atoms with Crippen LogP contribution in [-0.2, 0) is 9.53 Å². The van der Waals surface area contributed by atoms with Crippen LogP contribution < -0.4 is 5.32 Å². The molecule has 1 aromatic carbocycles. The summed E-state index contributed by atoms with van der Waals surface area (Å²) in [4.78, 5) is 24.2. The van der Waals surface area contributed by atoms with E-state index >= 15 is 0 Å². The van der Waals surface area contributed by atoms with Crippen molar-refractivity contribution in [3.05, 3.63) is 46.7 Å². The minimum absolute atomic E-state index is 0.243. The molecule has 1 aromatic heterocycles. The van der Waals surface area contributed by atoms with Crippen LogP contribution in [0, 0.1) is 5.92 Å². The number of hydrogen-bond acceptors (Lipinski definition) is 4. The van der Waals surface area contributed by atoms with Gasteiger partial charge in [0.15, 0.2) is 5.69 Å². The third kappa shape index (κ3) is 4.67. The lowest BCUT2D eigenvalue weighted by atomic mass is 10.0. The summed E-state index contributed by atoms with van der Waals surface area (Å²) < 4.78 is 7.28. The standard InChI is InChI=1S/C17H20BrN3O3/c1-11(2)9-15(17(23)24-3)19-16(22)14-7-8-21(20-14)13-6-4-5-12(18)10-13/h4-8,10-11,15H,9H2,1-3H3,(H,19,22)/t15-/m1/s1. The van der Waals surface area contributed by atoms with Crippen LogP contribution in [0.4, 0.5) is 0 Å². The van der Waals surface area contributed by atoms with Crippen molar-refractivity contribution in [1.82, 2.24) is 15.1 Å². The summed E-state index contributed by atoms with van der Waals surface area (Å²) in [7, 11) is 1.31. The molecule has 24 heavy (non-hydrogen) atoms. The first kappa shape index (κ1) is 18.2. The van der Waals surface area contributed by atoms with Crippen molar-refractivity contribution in [3.8, 4) is 5.69 Å². The maximum absolute atomic E-state index is 12.4. The third-order valence-corrected chi connectivity index (χ3v) is 3.89. The Morgan fingerprint density at radius 2 is 2.08 bits per heavy atom. The number of halogens is 1. The van der Waals surface area contributed by atoms with Gasteiger partial charge in [-0.15, -0.1) is 0 Å². The Hall–Kier alpha value is -2.15. The van der Waals surface area contributed by atoms with Gasteiger partial charge >= 0.3 is 5.97 Å². The van der Waals surface area contributed by atoms with Crippen LogP contribution in [0.15, 0.2) is 41.0 Å². The number of ether oxygens (including phenoxy) is 1. The van der Waals surface area contributed by atoms with E-state index in [0.29, 0.717) is 6.42 Å². The van der Waals surface area contributed by atoms with E-state index in [1.165, 1.54) is 7.11 Å². The molecule has 1 heterocycles. The average molecular weight is 394 g/mol. The zero-order chi connectivity index (χ0) is 17.7. The number of nitrogens with one attached hydrogen (secondary N) is 1. The number of hydrogen-bond donors (Lipinski definition) is 1. The molecule has 6 nitrogen and oxygen atoms in total. The molecular weight excluding hydrogens is 374 g/mol. The number of carbonyl (C=O) groups is 2. The number of nitrogens with zero attached hydrogens (tertiary/aromatic N) is 2. The Morgan fingerprint density at radius 3 is 2.71 bits per heavy atom. The van der Waals surface area contributed by atoms with Crippen LogP contribution in [0.5, 0.6) is 0 Å². The highest BCUT2D eigenvalue weighted by Crippen LogP contribution is 2.15. The Balaban J connectivity index is 2.13. The van der Waals surface area contributed by atoms with Crippen LogP contribution in [0.25, 0.3) is 5.69 Å². The van der Waals surface area contributed by atoms with E-state index in [4.69, 9.17) is 4.74 Å². The largest absolute Gasteiger partial charge is 0.467 e. The highest BCUT2D eigenvalue weighted by molar-refractivity contribution is 9.10. The summed E-state index contributed by atoms with van der Waals surface area (Å²) in [5, 5.41) is 6.96. The summed E-state index contributed by atoms with van der Waals surface area (Å²) in [6.45, 7) is 3.95. The summed E-state index contributed by atoms with van der Waals surface area (Å²) in [5.41, 5.74) is 1.07. The quantitative estimate of drug-likeness (QED) is 0.765. The maximum Gasteiger partial charge on any atom is 0.328 e. The number of benzene rings is 1. The predicted molar refractivity (Wildman–Crippen MR) is 94.0 cm³/mol. The fraction of sp³-hybridized carbons (Fsp3) is 0.353. The van der Waals surface area contributed by atoms with Gasteiger partial charge in [-0.3, -0.25) is 4.79 Å². The first-order valence-electron chi connectivity index (χ1n) is 7.61. The lowest BCUT2D eigenvalue weighted by Crippen LogP contribution is -2.42. The van der Waals surface area contributed by atoms with E-state index < -0.39 is 17.9 Å². The summed E-state index contributed by atoms with van der Waals surface area (Å²) in [5.74, 6) is -0.614. The van der Waals surface area contributed by atoms with Crippen molar-refractivity contribution in [2.45, 2.75) is 26.3 Å². The van der Waals surface area contributed by atoms with Gasteiger partial charge in [0.25, 0.3) is 5.91 Å². The minimum Gasteiger partial charge on any atom is -0.467 e. The number of amides is 1. The molecule has 1 N–H and O–H groups in total. The number of carbonyl (C=O) groups excluding carboxylic acids is 2. The molecule has 0 fully saturated rings. The van der Waals surface area contributed by atoms with E-state index in [9.17, 15) is 9.59 Å². The molecule has 7 heteroatoms. The Morgan fingerprint density at radius 1 is 1.33 bits per heavy atom. The number of aromatic nitrogens is 2. The van der Waals surface area contributed by atoms with E-state index in [1.807, 2.05) is 38.1 Å². The molecule has 2 rings (SSSR count). The number of esters is 1. The molecule has 0 spiro atoms. The van der Waals surface area contributed by atoms with Crippen molar-refractivity contribution in [3.63, 3.8) is 0 Å². The first-order chi connectivity index (χ1) is 11.4. The molecule has 0 bridgehead atoms. The molecule has 0 unspecified atom stereocenters. The van der Waals surface area contributed by atoms with Crippen LogP contribution in [0.2, 0.25) is 0 Å². The van der Waals surface area contributed by atoms with Gasteiger partial charge in [-0.05, 0) is 36.6 Å². The van der Waals surface area contributed by atoms with Gasteiger partial charge in [-0.2, -0.15) is 5.10 Å². The van der Waals surface area contributed by atoms with Gasteiger partial charge in [-0.1, -0.05) is 35.8 Å². The number of rotatable bonds is 6. The fourth-order valence-corrected chi connectivity index (χ4v) is 2.65. The molecule has 0 saturated carbocycles. The Bertz CT molecular complexity index is 727. The average Bonchev–Trinajstić information content (AvgIpc) is 3.03. The molecular formula is C17H20BrN3O3. The molecule has 0 aliphatic carbocycles. The molecule has 0 aliphatic heterocycles. The van der Waals surface area contributed by atoms with Crippen molar-refractivity contribution in [2.75, 3.05) is 7.11 Å². The topological polar surface area (TPSA) is 73.2 Å². The first-order valence-corrected chi connectivity index (χ1v) is 8.40. The molecule has 1 atom stereocenters. The molecule has 1 amide bonds. The van der Waals surface area contributed by atoms with Crippen LogP contribution in [-0.4, -0.2) is 34.8 Å². The lowest BCUT2D eigenvalue weighted by molar-refractivity contribution is -0.143. The van der Waals surface area contributed by atoms with Crippen molar-refractivity contribution in [2.24, 2.45) is 5.92 Å². The van der Waals surface area contributed by atoms with Crippen molar-refractivity contribution < 1.29 is 14.3 Å².